The third kappa shape index (κ3) is 6.05. The Morgan fingerprint density at radius 3 is 2.54 bits per heavy atom. The van der Waals surface area contributed by atoms with E-state index in [1.807, 2.05) is 42.5 Å². The van der Waals surface area contributed by atoms with Gasteiger partial charge in [0.15, 0.2) is 0 Å². The predicted octanol–water partition coefficient (Wildman–Crippen LogP) is 4.97. The molecule has 10 heteroatoms. The third-order valence-corrected chi connectivity index (χ3v) is 7.21. The Morgan fingerprint density at radius 2 is 1.90 bits per heavy atom. The Bertz CT molecular complexity index is 1630. The number of nitriles is 1. The van der Waals surface area contributed by atoms with E-state index in [0.29, 0.717) is 11.4 Å². The predicted molar refractivity (Wildman–Crippen MR) is 162 cm³/mol. The molecule has 4 aromatic heterocycles. The molecule has 0 bridgehead atoms. The highest BCUT2D eigenvalue weighted by molar-refractivity contribution is 5.87. The fourth-order valence-electron chi connectivity index (χ4n) is 4.95. The van der Waals surface area contributed by atoms with Crippen LogP contribution in [-0.2, 0) is 4.74 Å². The number of nitrogens with zero attached hydrogens (tertiary/aromatic N) is 9. The molecule has 0 radical (unpaired) electrons. The molecule has 41 heavy (non-hydrogen) atoms. The van der Waals surface area contributed by atoms with Crippen LogP contribution in [0.5, 0.6) is 0 Å². The average Bonchev–Trinajstić information content (AvgIpc) is 3.66. The number of pyridine rings is 2. The molecule has 0 aromatic carbocycles. The van der Waals surface area contributed by atoms with E-state index in [-0.39, 0.29) is 6.04 Å². The van der Waals surface area contributed by atoms with Crippen LogP contribution in [0.2, 0.25) is 0 Å². The van der Waals surface area contributed by atoms with Crippen LogP contribution < -0.4 is 4.90 Å². The van der Waals surface area contributed by atoms with Gasteiger partial charge in [0, 0.05) is 85.8 Å². The number of aliphatic imine (C=N–C) groups is 1. The smallest absolute Gasteiger partial charge is 0.208 e. The summed E-state index contributed by atoms with van der Waals surface area (Å²) < 4.78 is 8.88. The molecule has 0 N–H and O–H groups in total. The van der Waals surface area contributed by atoms with Gasteiger partial charge in [-0.3, -0.25) is 9.58 Å². The van der Waals surface area contributed by atoms with Crippen molar-refractivity contribution in [2.45, 2.75) is 26.8 Å². The summed E-state index contributed by atoms with van der Waals surface area (Å²) in [5.74, 6) is 1.52. The zero-order chi connectivity index (χ0) is 28.9. The summed E-state index contributed by atoms with van der Waals surface area (Å²) >= 11 is 0. The van der Waals surface area contributed by atoms with Gasteiger partial charge in [-0.1, -0.05) is 6.58 Å². The summed E-state index contributed by atoms with van der Waals surface area (Å²) in [5, 5.41) is 18.7. The van der Waals surface area contributed by atoms with Crippen molar-refractivity contribution in [2.75, 3.05) is 44.7 Å². The normalized spacial score (nSPS) is 14.7. The van der Waals surface area contributed by atoms with E-state index >= 15 is 0 Å². The Labute approximate surface area is 240 Å². The van der Waals surface area contributed by atoms with E-state index in [1.54, 1.807) is 24.0 Å². The quantitative estimate of drug-likeness (QED) is 0.215. The first-order chi connectivity index (χ1) is 19.9. The van der Waals surface area contributed by atoms with Gasteiger partial charge >= 0.3 is 0 Å². The number of hydrogen-bond acceptors (Lipinski definition) is 8. The van der Waals surface area contributed by atoms with Gasteiger partial charge in [-0.2, -0.15) is 15.5 Å². The number of hydrogen-bond donors (Lipinski definition) is 0. The second-order valence-electron chi connectivity index (χ2n) is 10.3. The maximum atomic E-state index is 9.75. The number of rotatable bonds is 9. The lowest BCUT2D eigenvalue weighted by Crippen LogP contribution is -2.47. The second-order valence-corrected chi connectivity index (χ2v) is 10.3. The molecule has 1 saturated heterocycles. The molecule has 5 rings (SSSR count). The van der Waals surface area contributed by atoms with Crippen LogP contribution in [0.25, 0.3) is 27.8 Å². The van der Waals surface area contributed by atoms with E-state index in [0.717, 1.165) is 71.9 Å². The van der Waals surface area contributed by atoms with E-state index in [2.05, 4.69) is 69.7 Å². The number of allylic oxidation sites excluding steroid dienone is 1. The molecule has 1 fully saturated rings. The summed E-state index contributed by atoms with van der Waals surface area (Å²) in [7, 11) is 1.61. The van der Waals surface area contributed by atoms with Crippen LogP contribution in [0.3, 0.4) is 0 Å². The van der Waals surface area contributed by atoms with Gasteiger partial charge in [0.1, 0.15) is 11.9 Å². The molecular weight excluding hydrogens is 514 g/mol. The maximum Gasteiger partial charge on any atom is 0.208 e. The van der Waals surface area contributed by atoms with Crippen molar-refractivity contribution in [1.82, 2.24) is 29.3 Å². The highest BCUT2D eigenvalue weighted by Crippen LogP contribution is 2.32. The lowest BCUT2D eigenvalue weighted by atomic mass is 10.0. The largest absolute Gasteiger partial charge is 0.481 e. The minimum atomic E-state index is 0.264. The molecule has 0 unspecified atom stereocenters. The Kier molecular flexibility index (Phi) is 8.26. The minimum Gasteiger partial charge on any atom is -0.481 e. The van der Waals surface area contributed by atoms with Crippen LogP contribution in [0.4, 0.5) is 5.82 Å². The minimum absolute atomic E-state index is 0.264. The van der Waals surface area contributed by atoms with E-state index in [9.17, 15) is 5.26 Å². The summed E-state index contributed by atoms with van der Waals surface area (Å²) in [6.07, 6.45) is 12.9. The molecule has 4 aromatic rings. The van der Waals surface area contributed by atoms with Gasteiger partial charge in [0.2, 0.25) is 5.88 Å². The van der Waals surface area contributed by atoms with Gasteiger partial charge < -0.3 is 9.64 Å². The van der Waals surface area contributed by atoms with Crippen LogP contribution in [0, 0.1) is 11.3 Å². The second kappa shape index (κ2) is 12.2. The third-order valence-electron chi connectivity index (χ3n) is 7.21. The van der Waals surface area contributed by atoms with Gasteiger partial charge in [-0.15, -0.1) is 0 Å². The fraction of sp³-hybridized carbons (Fsp3) is 0.323. The summed E-state index contributed by atoms with van der Waals surface area (Å²) in [6.45, 7) is 14.5. The molecule has 0 atom stereocenters. The first-order valence-corrected chi connectivity index (χ1v) is 13.7. The molecule has 1 aliphatic rings. The van der Waals surface area contributed by atoms with Crippen molar-refractivity contribution >= 4 is 17.5 Å². The Hall–Kier alpha value is -4.75. The van der Waals surface area contributed by atoms with E-state index < -0.39 is 0 Å². The molecule has 0 saturated carbocycles. The van der Waals surface area contributed by atoms with Gasteiger partial charge in [0.25, 0.3) is 0 Å². The highest BCUT2D eigenvalue weighted by Gasteiger charge is 2.19. The SMILES string of the molecule is C=C(/C=N\C(=C/C)OC)CN1CCN(c2ccc(-c3cc(-c4cnn(C(C)C)c4)cn4ncc(C#N)c34)cn2)CC1. The van der Waals surface area contributed by atoms with Crippen LogP contribution in [0.1, 0.15) is 32.4 Å². The van der Waals surface area contributed by atoms with Crippen LogP contribution in [0.15, 0.2) is 78.3 Å². The molecule has 5 heterocycles. The number of anilines is 1. The van der Waals surface area contributed by atoms with Crippen molar-refractivity contribution in [3.8, 4) is 28.3 Å². The number of aromatic nitrogens is 5. The standard InChI is InChI=1S/C31H35N9O/c1-6-30(41-5)34-15-23(4)19-37-9-11-38(12-10-37)29-8-7-24(16-33-29)28-13-25(27-18-35-39(21-27)22(2)3)20-40-31(28)26(14-32)17-36-40/h6-8,13,15-18,20-22H,4,9-12,19H2,1-3,5H3/b30-6+,34-15-. The van der Waals surface area contributed by atoms with Crippen molar-refractivity contribution in [2.24, 2.45) is 4.99 Å². The number of methoxy groups -OCH3 is 1. The number of fused-ring (bicyclic) bond motifs is 1. The molecule has 10 nitrogen and oxygen atoms in total. The molecule has 1 aliphatic heterocycles. The molecular formula is C31H35N9O. The Balaban J connectivity index is 1.32. The summed E-state index contributed by atoms with van der Waals surface area (Å²) in [6, 6.07) is 8.77. The number of ether oxygens (including phenoxy) is 1. The molecule has 210 valence electrons. The van der Waals surface area contributed by atoms with Gasteiger partial charge in [0.05, 0.1) is 30.6 Å². The van der Waals surface area contributed by atoms with Gasteiger partial charge in [-0.25, -0.2) is 14.5 Å². The zero-order valence-electron chi connectivity index (χ0n) is 24.0. The van der Waals surface area contributed by atoms with Crippen molar-refractivity contribution in [1.29, 1.82) is 5.26 Å². The maximum absolute atomic E-state index is 9.75. The zero-order valence-corrected chi connectivity index (χ0v) is 24.0. The molecule has 0 spiro atoms. The van der Waals surface area contributed by atoms with Crippen molar-refractivity contribution in [3.05, 3.63) is 78.9 Å². The van der Waals surface area contributed by atoms with E-state index in [4.69, 9.17) is 9.72 Å². The van der Waals surface area contributed by atoms with Crippen LogP contribution in [-0.4, -0.2) is 75.3 Å². The lowest BCUT2D eigenvalue weighted by Gasteiger charge is -2.35. The Morgan fingerprint density at radius 1 is 1.10 bits per heavy atom. The average molecular weight is 550 g/mol. The van der Waals surface area contributed by atoms with Crippen molar-refractivity contribution < 1.29 is 4.74 Å². The monoisotopic (exact) mass is 549 g/mol. The van der Waals surface area contributed by atoms with E-state index in [1.165, 1.54) is 0 Å². The topological polar surface area (TPSA) is 99.9 Å². The van der Waals surface area contributed by atoms with Gasteiger partial charge in [-0.05, 0) is 50.6 Å². The van der Waals surface area contributed by atoms with Crippen molar-refractivity contribution in [3.63, 3.8) is 0 Å². The lowest BCUT2D eigenvalue weighted by molar-refractivity contribution is 0.280. The molecule has 0 aliphatic carbocycles. The summed E-state index contributed by atoms with van der Waals surface area (Å²) in [5.41, 5.74) is 6.05. The van der Waals surface area contributed by atoms with Crippen LogP contribution >= 0.6 is 0 Å². The number of piperazine rings is 1. The highest BCUT2D eigenvalue weighted by atomic mass is 16.5. The first kappa shape index (κ1) is 27.8. The first-order valence-electron chi connectivity index (χ1n) is 13.7. The fourth-order valence-corrected chi connectivity index (χ4v) is 4.95. The molecule has 0 amide bonds. The summed E-state index contributed by atoms with van der Waals surface area (Å²) in [4.78, 5) is 13.8.